The smallest absolute Gasteiger partial charge is 0.114 e. The van der Waals surface area contributed by atoms with E-state index in [9.17, 15) is 0 Å². The van der Waals surface area contributed by atoms with E-state index in [0.29, 0.717) is 5.69 Å². The van der Waals surface area contributed by atoms with Crippen molar-refractivity contribution >= 4 is 11.0 Å². The Labute approximate surface area is 70.6 Å². The SMILES string of the molecule is C#Cc1cc(C)c2[nH]ccc2n1. The molecule has 2 heterocycles. The molecule has 0 amide bonds. The molecule has 2 heteroatoms. The van der Waals surface area contributed by atoms with Gasteiger partial charge in [0.2, 0.25) is 0 Å². The summed E-state index contributed by atoms with van der Waals surface area (Å²) in [5, 5.41) is 0. The van der Waals surface area contributed by atoms with Gasteiger partial charge in [0.05, 0.1) is 11.0 Å². The molecule has 2 aromatic heterocycles. The largest absolute Gasteiger partial charge is 0.360 e. The number of hydrogen-bond donors (Lipinski definition) is 1. The maximum atomic E-state index is 5.26. The Morgan fingerprint density at radius 1 is 1.58 bits per heavy atom. The first-order chi connectivity index (χ1) is 5.81. The molecule has 0 aromatic carbocycles. The molecule has 0 aliphatic carbocycles. The number of fused-ring (bicyclic) bond motifs is 1. The second-order valence-electron chi connectivity index (χ2n) is 2.71. The third-order valence-corrected chi connectivity index (χ3v) is 1.86. The first-order valence-electron chi connectivity index (χ1n) is 3.72. The zero-order chi connectivity index (χ0) is 8.55. The first kappa shape index (κ1) is 6.93. The van der Waals surface area contributed by atoms with Crippen LogP contribution >= 0.6 is 0 Å². The van der Waals surface area contributed by atoms with Gasteiger partial charge >= 0.3 is 0 Å². The Kier molecular flexibility index (Phi) is 1.38. The second-order valence-corrected chi connectivity index (χ2v) is 2.71. The third-order valence-electron chi connectivity index (χ3n) is 1.86. The van der Waals surface area contributed by atoms with Crippen molar-refractivity contribution in [3.63, 3.8) is 0 Å². The highest BCUT2D eigenvalue weighted by Crippen LogP contribution is 2.14. The van der Waals surface area contributed by atoms with Gasteiger partial charge in [-0.2, -0.15) is 0 Å². The quantitative estimate of drug-likeness (QED) is 0.579. The van der Waals surface area contributed by atoms with E-state index in [2.05, 4.69) is 15.9 Å². The Bertz CT molecular complexity index is 460. The van der Waals surface area contributed by atoms with Gasteiger partial charge in [-0.1, -0.05) is 5.92 Å². The molecule has 2 nitrogen and oxygen atoms in total. The minimum Gasteiger partial charge on any atom is -0.360 e. The molecule has 0 atom stereocenters. The molecule has 0 aliphatic heterocycles. The van der Waals surface area contributed by atoms with E-state index in [1.807, 2.05) is 25.3 Å². The minimum absolute atomic E-state index is 0.694. The van der Waals surface area contributed by atoms with Gasteiger partial charge in [-0.15, -0.1) is 6.42 Å². The van der Waals surface area contributed by atoms with Crippen molar-refractivity contribution < 1.29 is 0 Å². The summed E-state index contributed by atoms with van der Waals surface area (Å²) in [6, 6.07) is 3.82. The molecule has 2 aromatic rings. The Hall–Kier alpha value is -1.75. The van der Waals surface area contributed by atoms with E-state index in [0.717, 1.165) is 16.6 Å². The summed E-state index contributed by atoms with van der Waals surface area (Å²) in [4.78, 5) is 7.36. The van der Waals surface area contributed by atoms with Gasteiger partial charge in [-0.25, -0.2) is 4.98 Å². The van der Waals surface area contributed by atoms with E-state index in [4.69, 9.17) is 6.42 Å². The predicted molar refractivity (Wildman–Crippen MR) is 48.8 cm³/mol. The fourth-order valence-electron chi connectivity index (χ4n) is 1.28. The molecule has 1 N–H and O–H groups in total. The molecule has 12 heavy (non-hydrogen) atoms. The highest BCUT2D eigenvalue weighted by molar-refractivity contribution is 5.78. The molecule has 0 saturated carbocycles. The van der Waals surface area contributed by atoms with E-state index in [1.54, 1.807) is 0 Å². The molecular formula is C10H8N2. The van der Waals surface area contributed by atoms with Crippen molar-refractivity contribution in [2.75, 3.05) is 0 Å². The van der Waals surface area contributed by atoms with Crippen LogP contribution in [0.25, 0.3) is 11.0 Å². The van der Waals surface area contributed by atoms with Crippen molar-refractivity contribution in [3.8, 4) is 12.3 Å². The molecular weight excluding hydrogens is 148 g/mol. The number of nitrogens with zero attached hydrogens (tertiary/aromatic N) is 1. The van der Waals surface area contributed by atoms with Crippen molar-refractivity contribution in [1.29, 1.82) is 0 Å². The Morgan fingerprint density at radius 3 is 3.17 bits per heavy atom. The van der Waals surface area contributed by atoms with Crippen molar-refractivity contribution in [1.82, 2.24) is 9.97 Å². The fraction of sp³-hybridized carbons (Fsp3) is 0.100. The minimum atomic E-state index is 0.694. The Balaban J connectivity index is 2.86. The number of hydrogen-bond acceptors (Lipinski definition) is 1. The molecule has 0 aliphatic rings. The highest BCUT2D eigenvalue weighted by Gasteiger charge is 2.00. The van der Waals surface area contributed by atoms with Gasteiger partial charge in [0.1, 0.15) is 5.69 Å². The lowest BCUT2D eigenvalue weighted by Gasteiger charge is -1.96. The summed E-state index contributed by atoms with van der Waals surface area (Å²) < 4.78 is 0. The summed E-state index contributed by atoms with van der Waals surface area (Å²) in [5.74, 6) is 2.52. The van der Waals surface area contributed by atoms with Crippen LogP contribution in [0.5, 0.6) is 0 Å². The lowest BCUT2D eigenvalue weighted by Crippen LogP contribution is -1.85. The molecule has 2 rings (SSSR count). The van der Waals surface area contributed by atoms with Crippen LogP contribution < -0.4 is 0 Å². The lowest BCUT2D eigenvalue weighted by atomic mass is 10.2. The van der Waals surface area contributed by atoms with Crippen molar-refractivity contribution in [2.45, 2.75) is 6.92 Å². The van der Waals surface area contributed by atoms with Crippen LogP contribution in [0.1, 0.15) is 11.3 Å². The number of rotatable bonds is 0. The van der Waals surface area contributed by atoms with Gasteiger partial charge in [0, 0.05) is 6.20 Å². The van der Waals surface area contributed by atoms with Crippen molar-refractivity contribution in [3.05, 3.63) is 29.6 Å². The third kappa shape index (κ3) is 0.876. The van der Waals surface area contributed by atoms with Crippen molar-refractivity contribution in [2.24, 2.45) is 0 Å². The maximum absolute atomic E-state index is 5.26. The standard InChI is InChI=1S/C10H8N2/c1-3-8-6-7(2)10-9(12-8)4-5-11-10/h1,4-6,11H,2H3. The summed E-state index contributed by atoms with van der Waals surface area (Å²) >= 11 is 0. The number of terminal acetylenes is 1. The topological polar surface area (TPSA) is 28.7 Å². The van der Waals surface area contributed by atoms with Gasteiger partial charge in [-0.3, -0.25) is 0 Å². The molecule has 0 radical (unpaired) electrons. The molecule has 0 spiro atoms. The Morgan fingerprint density at radius 2 is 2.42 bits per heavy atom. The zero-order valence-electron chi connectivity index (χ0n) is 6.76. The fourth-order valence-corrected chi connectivity index (χ4v) is 1.28. The van der Waals surface area contributed by atoms with Crippen LogP contribution in [0.2, 0.25) is 0 Å². The predicted octanol–water partition coefficient (Wildman–Crippen LogP) is 1.85. The number of aromatic amines is 1. The highest BCUT2D eigenvalue weighted by atomic mass is 14.8. The van der Waals surface area contributed by atoms with E-state index >= 15 is 0 Å². The molecule has 0 bridgehead atoms. The average Bonchev–Trinajstić information content (AvgIpc) is 2.52. The first-order valence-corrected chi connectivity index (χ1v) is 3.72. The summed E-state index contributed by atoms with van der Waals surface area (Å²) in [5.41, 5.74) is 3.83. The lowest BCUT2D eigenvalue weighted by molar-refractivity contribution is 1.32. The summed E-state index contributed by atoms with van der Waals surface area (Å²) in [6.45, 7) is 2.02. The normalized spacial score (nSPS) is 10.0. The number of nitrogens with one attached hydrogen (secondary N) is 1. The number of H-pyrrole nitrogens is 1. The average molecular weight is 156 g/mol. The van der Waals surface area contributed by atoms with Crippen LogP contribution in [0.3, 0.4) is 0 Å². The number of aromatic nitrogens is 2. The zero-order valence-corrected chi connectivity index (χ0v) is 6.76. The molecule has 58 valence electrons. The number of pyridine rings is 1. The van der Waals surface area contributed by atoms with Gasteiger partial charge in [0.25, 0.3) is 0 Å². The van der Waals surface area contributed by atoms with Crippen LogP contribution in [0, 0.1) is 19.3 Å². The monoisotopic (exact) mass is 156 g/mol. The van der Waals surface area contributed by atoms with Crippen LogP contribution in [-0.4, -0.2) is 9.97 Å². The number of aryl methyl sites for hydroxylation is 1. The van der Waals surface area contributed by atoms with Crippen LogP contribution in [0.15, 0.2) is 18.3 Å². The molecule has 0 unspecified atom stereocenters. The van der Waals surface area contributed by atoms with Gasteiger partial charge in [-0.05, 0) is 24.6 Å². The summed E-state index contributed by atoms with van der Waals surface area (Å²) in [6.07, 6.45) is 7.12. The molecule has 0 fully saturated rings. The molecule has 0 saturated heterocycles. The summed E-state index contributed by atoms with van der Waals surface area (Å²) in [7, 11) is 0. The maximum Gasteiger partial charge on any atom is 0.114 e. The van der Waals surface area contributed by atoms with E-state index < -0.39 is 0 Å². The van der Waals surface area contributed by atoms with E-state index in [-0.39, 0.29) is 0 Å². The van der Waals surface area contributed by atoms with Gasteiger partial charge < -0.3 is 4.98 Å². The van der Waals surface area contributed by atoms with Gasteiger partial charge in [0.15, 0.2) is 0 Å². The second kappa shape index (κ2) is 2.38. The van der Waals surface area contributed by atoms with Crippen LogP contribution in [0.4, 0.5) is 0 Å². The van der Waals surface area contributed by atoms with E-state index in [1.165, 1.54) is 0 Å². The van der Waals surface area contributed by atoms with Crippen LogP contribution in [-0.2, 0) is 0 Å².